The number of nitrogens with one attached hydrogen (secondary N) is 1. The van der Waals surface area contributed by atoms with Crippen LogP contribution in [0.1, 0.15) is 24.1 Å². The predicted molar refractivity (Wildman–Crippen MR) is 95.2 cm³/mol. The fourth-order valence-corrected chi connectivity index (χ4v) is 3.08. The van der Waals surface area contributed by atoms with Crippen LogP contribution < -0.4 is 10.2 Å². The summed E-state index contributed by atoms with van der Waals surface area (Å²) in [5.74, 6) is 0. The number of rotatable bonds is 5. The van der Waals surface area contributed by atoms with Crippen molar-refractivity contribution in [2.75, 3.05) is 19.0 Å². The molecular weight excluding hydrogens is 348 g/mol. The first-order valence-corrected chi connectivity index (χ1v) is 8.12. The summed E-state index contributed by atoms with van der Waals surface area (Å²) in [5, 5.41) is 4.03. The van der Waals surface area contributed by atoms with Crippen molar-refractivity contribution in [2.45, 2.75) is 19.5 Å². The zero-order chi connectivity index (χ0) is 15.4. The molecule has 0 aliphatic heterocycles. The van der Waals surface area contributed by atoms with Crippen LogP contribution in [0.4, 0.5) is 5.69 Å². The first-order chi connectivity index (χ1) is 10.0. The second-order valence-corrected chi connectivity index (χ2v) is 6.43. The van der Waals surface area contributed by atoms with Gasteiger partial charge in [0.15, 0.2) is 0 Å². The topological polar surface area (TPSA) is 15.3 Å². The van der Waals surface area contributed by atoms with Crippen molar-refractivity contribution in [3.05, 3.63) is 63.1 Å². The Morgan fingerprint density at radius 1 is 1.24 bits per heavy atom. The average Bonchev–Trinajstić information content (AvgIpc) is 2.48. The van der Waals surface area contributed by atoms with Crippen molar-refractivity contribution in [1.82, 2.24) is 5.32 Å². The Hall–Kier alpha value is -1.03. The molecule has 1 atom stereocenters. The van der Waals surface area contributed by atoms with Crippen LogP contribution in [0.3, 0.4) is 0 Å². The largest absolute Gasteiger partial charge is 0.367 e. The van der Waals surface area contributed by atoms with E-state index in [0.29, 0.717) is 0 Å². The van der Waals surface area contributed by atoms with Crippen LogP contribution in [0.2, 0.25) is 5.02 Å². The third-order valence-electron chi connectivity index (χ3n) is 3.73. The lowest BCUT2D eigenvalue weighted by molar-refractivity contribution is 0.726. The number of halogens is 2. The van der Waals surface area contributed by atoms with E-state index in [1.807, 2.05) is 25.2 Å². The lowest BCUT2D eigenvalue weighted by Gasteiger charge is -2.30. The zero-order valence-corrected chi connectivity index (χ0v) is 14.9. The maximum absolute atomic E-state index is 6.33. The molecule has 0 heterocycles. The van der Waals surface area contributed by atoms with Crippen molar-refractivity contribution in [2.24, 2.45) is 0 Å². The molecule has 0 radical (unpaired) electrons. The first-order valence-electron chi connectivity index (χ1n) is 6.95. The fourth-order valence-electron chi connectivity index (χ4n) is 2.44. The van der Waals surface area contributed by atoms with Gasteiger partial charge in [0.2, 0.25) is 0 Å². The van der Waals surface area contributed by atoms with E-state index in [-0.39, 0.29) is 6.04 Å². The van der Waals surface area contributed by atoms with E-state index in [1.54, 1.807) is 0 Å². The Morgan fingerprint density at radius 3 is 2.62 bits per heavy atom. The highest BCUT2D eigenvalue weighted by atomic mass is 79.9. The quantitative estimate of drug-likeness (QED) is 0.798. The smallest absolute Gasteiger partial charge is 0.0525 e. The van der Waals surface area contributed by atoms with E-state index in [9.17, 15) is 0 Å². The Bertz CT molecular complexity index is 615. The lowest BCUT2D eigenvalue weighted by atomic mass is 10.0. The van der Waals surface area contributed by atoms with E-state index in [1.165, 1.54) is 11.3 Å². The van der Waals surface area contributed by atoms with Gasteiger partial charge in [0.1, 0.15) is 0 Å². The lowest BCUT2D eigenvalue weighted by Crippen LogP contribution is -2.24. The average molecular weight is 368 g/mol. The highest BCUT2D eigenvalue weighted by molar-refractivity contribution is 9.10. The van der Waals surface area contributed by atoms with Gasteiger partial charge in [-0.15, -0.1) is 0 Å². The maximum atomic E-state index is 6.33. The second kappa shape index (κ2) is 7.30. The molecule has 0 saturated heterocycles. The summed E-state index contributed by atoms with van der Waals surface area (Å²) in [5.41, 5.74) is 3.60. The van der Waals surface area contributed by atoms with E-state index >= 15 is 0 Å². The van der Waals surface area contributed by atoms with Gasteiger partial charge in [-0.2, -0.15) is 0 Å². The monoisotopic (exact) mass is 366 g/mol. The third-order valence-corrected chi connectivity index (χ3v) is 4.57. The number of nitrogens with zero attached hydrogens (tertiary/aromatic N) is 1. The Kier molecular flexibility index (Phi) is 5.68. The number of anilines is 1. The molecule has 0 bridgehead atoms. The molecule has 0 aromatic heterocycles. The molecular formula is C17H20BrClN2. The molecule has 0 aliphatic carbocycles. The molecule has 0 amide bonds. The van der Waals surface area contributed by atoms with Gasteiger partial charge in [0.25, 0.3) is 0 Å². The number of benzene rings is 2. The van der Waals surface area contributed by atoms with E-state index < -0.39 is 0 Å². The van der Waals surface area contributed by atoms with Crippen molar-refractivity contribution in [3.8, 4) is 0 Å². The van der Waals surface area contributed by atoms with Gasteiger partial charge in [-0.1, -0.05) is 51.8 Å². The molecule has 2 nitrogen and oxygen atoms in total. The summed E-state index contributed by atoms with van der Waals surface area (Å²) in [6.07, 6.45) is 0. The van der Waals surface area contributed by atoms with Gasteiger partial charge in [-0.25, -0.2) is 0 Å². The van der Waals surface area contributed by atoms with Gasteiger partial charge in [0.05, 0.1) is 6.04 Å². The molecule has 1 N–H and O–H groups in total. The summed E-state index contributed by atoms with van der Waals surface area (Å²) >= 11 is 9.90. The molecule has 2 aromatic rings. The Balaban J connectivity index is 2.37. The van der Waals surface area contributed by atoms with Crippen LogP contribution in [-0.4, -0.2) is 14.1 Å². The van der Waals surface area contributed by atoms with Crippen LogP contribution in [0.15, 0.2) is 46.9 Å². The molecule has 0 spiro atoms. The van der Waals surface area contributed by atoms with Crippen molar-refractivity contribution in [1.29, 1.82) is 0 Å². The predicted octanol–water partition coefficient (Wildman–Crippen LogP) is 5.02. The molecule has 2 aromatic carbocycles. The van der Waals surface area contributed by atoms with Gasteiger partial charge in [-0.05, 0) is 43.3 Å². The van der Waals surface area contributed by atoms with Gasteiger partial charge in [0, 0.05) is 28.8 Å². The summed E-state index contributed by atoms with van der Waals surface area (Å²) in [7, 11) is 4.07. The molecule has 0 saturated carbocycles. The molecule has 0 aliphatic rings. The van der Waals surface area contributed by atoms with Gasteiger partial charge >= 0.3 is 0 Å². The second-order valence-electron chi connectivity index (χ2n) is 5.11. The van der Waals surface area contributed by atoms with E-state index in [4.69, 9.17) is 11.6 Å². The summed E-state index contributed by atoms with van der Waals surface area (Å²) in [6.45, 7) is 3.01. The zero-order valence-electron chi connectivity index (χ0n) is 12.5. The van der Waals surface area contributed by atoms with Crippen LogP contribution in [0.5, 0.6) is 0 Å². The molecule has 2 rings (SSSR count). The van der Waals surface area contributed by atoms with Crippen LogP contribution in [-0.2, 0) is 6.54 Å². The normalized spacial score (nSPS) is 12.2. The summed E-state index contributed by atoms with van der Waals surface area (Å²) in [4.78, 5) is 2.26. The third kappa shape index (κ3) is 3.79. The number of hydrogen-bond acceptors (Lipinski definition) is 2. The van der Waals surface area contributed by atoms with Gasteiger partial charge < -0.3 is 10.2 Å². The minimum atomic E-state index is 0.198. The number of hydrogen-bond donors (Lipinski definition) is 1. The summed E-state index contributed by atoms with van der Waals surface area (Å²) in [6, 6.07) is 14.6. The van der Waals surface area contributed by atoms with Crippen LogP contribution >= 0.6 is 27.5 Å². The summed E-state index contributed by atoms with van der Waals surface area (Å²) < 4.78 is 1.08. The maximum Gasteiger partial charge on any atom is 0.0525 e. The van der Waals surface area contributed by atoms with Crippen molar-refractivity contribution < 1.29 is 0 Å². The van der Waals surface area contributed by atoms with Crippen molar-refractivity contribution >= 4 is 33.2 Å². The molecule has 4 heteroatoms. The van der Waals surface area contributed by atoms with E-state index in [2.05, 4.69) is 64.4 Å². The Morgan fingerprint density at radius 2 is 1.95 bits per heavy atom. The fraction of sp³-hybridized carbons (Fsp3) is 0.294. The standard InChI is InChI=1S/C17H20BrClN2/c1-12(15-6-4-5-7-16(15)19)21(3)17-10-14(18)9-8-13(17)11-20-2/h4-10,12,20H,11H2,1-3H3. The SMILES string of the molecule is CNCc1ccc(Br)cc1N(C)C(C)c1ccccc1Cl. The molecule has 0 fully saturated rings. The molecule has 1 unspecified atom stereocenters. The molecule has 21 heavy (non-hydrogen) atoms. The van der Waals surface area contributed by atoms with E-state index in [0.717, 1.165) is 21.6 Å². The van der Waals surface area contributed by atoms with Crippen molar-refractivity contribution in [3.63, 3.8) is 0 Å². The first kappa shape index (κ1) is 16.3. The van der Waals surface area contributed by atoms with Crippen LogP contribution in [0.25, 0.3) is 0 Å². The highest BCUT2D eigenvalue weighted by Crippen LogP contribution is 2.33. The molecule has 112 valence electrons. The van der Waals surface area contributed by atoms with Gasteiger partial charge in [-0.3, -0.25) is 0 Å². The van der Waals surface area contributed by atoms with Crippen LogP contribution in [0, 0.1) is 0 Å². The minimum absolute atomic E-state index is 0.198. The Labute approximate surface area is 140 Å². The highest BCUT2D eigenvalue weighted by Gasteiger charge is 2.17. The minimum Gasteiger partial charge on any atom is -0.367 e.